The number of hydrogen-bond acceptors (Lipinski definition) is 5. The molecule has 0 fully saturated rings. The summed E-state index contributed by atoms with van der Waals surface area (Å²) in [5.41, 5.74) is 1.48. The molecular weight excluding hydrogens is 400 g/mol. The van der Waals surface area contributed by atoms with E-state index in [4.69, 9.17) is 9.47 Å². The van der Waals surface area contributed by atoms with Crippen LogP contribution in [0, 0.1) is 0 Å². The summed E-state index contributed by atoms with van der Waals surface area (Å²) < 4.78 is 12.9. The quantitative estimate of drug-likeness (QED) is 0.666. The number of amides is 1. The number of halogens is 1. The second-order valence-corrected chi connectivity index (χ2v) is 6.20. The molecule has 0 atom stereocenters. The fourth-order valence-corrected chi connectivity index (χ4v) is 2.93. The molecule has 3 aromatic rings. The van der Waals surface area contributed by atoms with Gasteiger partial charge in [-0.05, 0) is 45.8 Å². The molecule has 2 heterocycles. The number of ether oxygens (including phenoxy) is 2. The van der Waals surface area contributed by atoms with Gasteiger partial charge in [-0.15, -0.1) is 0 Å². The largest absolute Gasteiger partial charge is 0.495 e. The Hall–Kier alpha value is -2.87. The number of carbonyl (C=O) groups excluding carboxylic acids is 1. The van der Waals surface area contributed by atoms with Gasteiger partial charge in [-0.25, -0.2) is 0 Å². The van der Waals surface area contributed by atoms with Gasteiger partial charge >= 0.3 is 0 Å². The van der Waals surface area contributed by atoms with E-state index in [-0.39, 0.29) is 5.91 Å². The van der Waals surface area contributed by atoms with Crippen molar-refractivity contribution in [3.63, 3.8) is 0 Å². The summed E-state index contributed by atoms with van der Waals surface area (Å²) in [5, 5.41) is 7.14. The number of anilines is 1. The van der Waals surface area contributed by atoms with Crippen molar-refractivity contribution in [2.24, 2.45) is 0 Å². The molecule has 0 spiro atoms. The third-order valence-corrected chi connectivity index (χ3v) is 4.47. The highest BCUT2D eigenvalue weighted by atomic mass is 79.9. The first-order valence-electron chi connectivity index (χ1n) is 7.76. The van der Waals surface area contributed by atoms with Crippen LogP contribution in [0.1, 0.15) is 15.9 Å². The maximum Gasteiger partial charge on any atom is 0.257 e. The predicted molar refractivity (Wildman–Crippen MR) is 101 cm³/mol. The average molecular weight is 417 g/mol. The molecule has 0 unspecified atom stereocenters. The second-order valence-electron chi connectivity index (χ2n) is 5.40. The van der Waals surface area contributed by atoms with Crippen LogP contribution in [-0.2, 0) is 6.54 Å². The van der Waals surface area contributed by atoms with Crippen LogP contribution in [-0.4, -0.2) is 34.9 Å². The summed E-state index contributed by atoms with van der Waals surface area (Å²) in [6.07, 6.45) is 5.27. The first kappa shape index (κ1) is 17.9. The number of nitrogens with one attached hydrogen (secondary N) is 1. The Morgan fingerprint density at radius 1 is 1.15 bits per heavy atom. The number of pyridine rings is 1. The molecule has 0 aliphatic heterocycles. The van der Waals surface area contributed by atoms with Gasteiger partial charge in [0.1, 0.15) is 16.0 Å². The average Bonchev–Trinajstić information content (AvgIpc) is 3.09. The Morgan fingerprint density at radius 3 is 2.42 bits per heavy atom. The number of aromatic nitrogens is 3. The first-order chi connectivity index (χ1) is 12.6. The van der Waals surface area contributed by atoms with Crippen LogP contribution in [0.15, 0.2) is 53.4 Å². The number of benzene rings is 1. The first-order valence-corrected chi connectivity index (χ1v) is 8.55. The van der Waals surface area contributed by atoms with Crippen LogP contribution < -0.4 is 14.8 Å². The minimum atomic E-state index is -0.303. The molecular formula is C18H17BrN4O3. The molecule has 1 aromatic carbocycles. The Labute approximate surface area is 159 Å². The van der Waals surface area contributed by atoms with Gasteiger partial charge in [0.25, 0.3) is 5.91 Å². The highest BCUT2D eigenvalue weighted by molar-refractivity contribution is 9.10. The highest BCUT2D eigenvalue weighted by Gasteiger charge is 2.15. The summed E-state index contributed by atoms with van der Waals surface area (Å²) >= 11 is 3.38. The molecule has 1 N–H and O–H groups in total. The lowest BCUT2D eigenvalue weighted by Crippen LogP contribution is -2.13. The molecule has 0 aliphatic rings. The normalized spacial score (nSPS) is 10.4. The molecule has 2 aromatic heterocycles. The zero-order valence-corrected chi connectivity index (χ0v) is 15.9. The van der Waals surface area contributed by atoms with Crippen molar-refractivity contribution >= 4 is 27.7 Å². The van der Waals surface area contributed by atoms with Crippen LogP contribution in [0.2, 0.25) is 0 Å². The van der Waals surface area contributed by atoms with Crippen molar-refractivity contribution in [2.45, 2.75) is 6.54 Å². The van der Waals surface area contributed by atoms with E-state index in [1.165, 1.54) is 14.2 Å². The van der Waals surface area contributed by atoms with Gasteiger partial charge < -0.3 is 14.8 Å². The molecule has 26 heavy (non-hydrogen) atoms. The number of rotatable bonds is 6. The second kappa shape index (κ2) is 8.01. The smallest absolute Gasteiger partial charge is 0.257 e. The lowest BCUT2D eigenvalue weighted by atomic mass is 10.2. The molecule has 0 saturated heterocycles. The predicted octanol–water partition coefficient (Wildman–Crippen LogP) is 3.36. The van der Waals surface area contributed by atoms with Crippen molar-refractivity contribution < 1.29 is 14.3 Å². The zero-order chi connectivity index (χ0) is 18.5. The monoisotopic (exact) mass is 416 g/mol. The summed E-state index contributed by atoms with van der Waals surface area (Å²) in [6, 6.07) is 8.85. The van der Waals surface area contributed by atoms with Crippen LogP contribution >= 0.6 is 15.9 Å². The van der Waals surface area contributed by atoms with E-state index >= 15 is 0 Å². The minimum Gasteiger partial charge on any atom is -0.495 e. The summed E-state index contributed by atoms with van der Waals surface area (Å²) in [6.45, 7) is 0.596. The van der Waals surface area contributed by atoms with E-state index in [1.807, 2.05) is 12.1 Å². The van der Waals surface area contributed by atoms with Crippen molar-refractivity contribution in [1.29, 1.82) is 0 Å². The van der Waals surface area contributed by atoms with Gasteiger partial charge in [0.15, 0.2) is 5.82 Å². The van der Waals surface area contributed by atoms with Gasteiger partial charge in [0.05, 0.1) is 20.8 Å². The Kier molecular flexibility index (Phi) is 5.52. The fraction of sp³-hybridized carbons (Fsp3) is 0.167. The van der Waals surface area contributed by atoms with Gasteiger partial charge in [-0.1, -0.05) is 0 Å². The lowest BCUT2D eigenvalue weighted by molar-refractivity contribution is 0.102. The van der Waals surface area contributed by atoms with Crippen LogP contribution in [0.4, 0.5) is 5.82 Å². The molecule has 3 rings (SSSR count). The molecule has 7 nitrogen and oxygen atoms in total. The molecule has 1 amide bonds. The molecule has 0 radical (unpaired) electrons. The molecule has 0 saturated carbocycles. The molecule has 8 heteroatoms. The van der Waals surface area contributed by atoms with Gasteiger partial charge in [0, 0.05) is 30.2 Å². The standard InChI is InChI=1S/C18H17BrN4O3/c1-25-14-9-13(10-15(26-2)17(14)19)18(24)21-16-5-8-23(22-16)11-12-3-6-20-7-4-12/h3-10H,11H2,1-2H3,(H,21,22,24). The van der Waals surface area contributed by atoms with E-state index < -0.39 is 0 Å². The SMILES string of the molecule is COc1cc(C(=O)Nc2ccn(Cc3ccncc3)n2)cc(OC)c1Br. The maximum atomic E-state index is 12.5. The fourth-order valence-electron chi connectivity index (χ4n) is 2.38. The maximum absolute atomic E-state index is 12.5. The topological polar surface area (TPSA) is 78.3 Å². The van der Waals surface area contributed by atoms with E-state index in [0.29, 0.717) is 33.9 Å². The van der Waals surface area contributed by atoms with E-state index in [0.717, 1.165) is 5.56 Å². The summed E-state index contributed by atoms with van der Waals surface area (Å²) in [5.74, 6) is 1.18. The zero-order valence-electron chi connectivity index (χ0n) is 14.3. The van der Waals surface area contributed by atoms with E-state index in [1.54, 1.807) is 41.5 Å². The van der Waals surface area contributed by atoms with Crippen molar-refractivity contribution in [3.8, 4) is 11.5 Å². The third-order valence-electron chi connectivity index (χ3n) is 3.68. The molecule has 0 bridgehead atoms. The molecule has 0 aliphatic carbocycles. The summed E-state index contributed by atoms with van der Waals surface area (Å²) in [4.78, 5) is 16.5. The third kappa shape index (κ3) is 4.02. The van der Waals surface area contributed by atoms with Crippen LogP contribution in [0.3, 0.4) is 0 Å². The summed E-state index contributed by atoms with van der Waals surface area (Å²) in [7, 11) is 3.06. The van der Waals surface area contributed by atoms with Gasteiger partial charge in [0.2, 0.25) is 0 Å². The van der Waals surface area contributed by atoms with Crippen molar-refractivity contribution in [3.05, 3.63) is 64.5 Å². The Morgan fingerprint density at radius 2 is 1.81 bits per heavy atom. The van der Waals surface area contributed by atoms with Crippen molar-refractivity contribution in [1.82, 2.24) is 14.8 Å². The van der Waals surface area contributed by atoms with Gasteiger partial charge in [-0.3, -0.25) is 14.5 Å². The van der Waals surface area contributed by atoms with Crippen LogP contribution in [0.25, 0.3) is 0 Å². The van der Waals surface area contributed by atoms with Gasteiger partial charge in [-0.2, -0.15) is 5.10 Å². The van der Waals surface area contributed by atoms with E-state index in [9.17, 15) is 4.79 Å². The minimum absolute atomic E-state index is 0.303. The number of hydrogen-bond donors (Lipinski definition) is 1. The Balaban J connectivity index is 1.74. The number of nitrogens with zero attached hydrogens (tertiary/aromatic N) is 3. The van der Waals surface area contributed by atoms with Crippen LogP contribution in [0.5, 0.6) is 11.5 Å². The lowest BCUT2D eigenvalue weighted by Gasteiger charge is -2.11. The van der Waals surface area contributed by atoms with Crippen molar-refractivity contribution in [2.75, 3.05) is 19.5 Å². The number of methoxy groups -OCH3 is 2. The van der Waals surface area contributed by atoms with E-state index in [2.05, 4.69) is 31.3 Å². The Bertz CT molecular complexity index is 887. The highest BCUT2D eigenvalue weighted by Crippen LogP contribution is 2.35. The number of carbonyl (C=O) groups is 1. The molecule has 134 valence electrons.